The molecule has 0 radical (unpaired) electrons. The van der Waals surface area contributed by atoms with Crippen LogP contribution in [0.1, 0.15) is 51.9 Å². The van der Waals surface area contributed by atoms with E-state index >= 15 is 0 Å². The molecule has 1 N–H and O–H groups in total. The summed E-state index contributed by atoms with van der Waals surface area (Å²) < 4.78 is 5.36. The molecule has 0 aromatic heterocycles. The van der Waals surface area contributed by atoms with E-state index in [4.69, 9.17) is 4.74 Å². The van der Waals surface area contributed by atoms with Crippen LogP contribution >= 0.6 is 0 Å². The predicted octanol–water partition coefficient (Wildman–Crippen LogP) is 2.43. The van der Waals surface area contributed by atoms with Crippen LogP contribution in [0.5, 0.6) is 0 Å². The van der Waals surface area contributed by atoms with Gasteiger partial charge in [0.05, 0.1) is 6.61 Å². The zero-order valence-electron chi connectivity index (χ0n) is 14.0. The summed E-state index contributed by atoms with van der Waals surface area (Å²) in [6.45, 7) is 4.22. The summed E-state index contributed by atoms with van der Waals surface area (Å²) >= 11 is 0. The highest BCUT2D eigenvalue weighted by atomic mass is 16.5. The summed E-state index contributed by atoms with van der Waals surface area (Å²) in [5, 5.41) is 3.31. The van der Waals surface area contributed by atoms with Gasteiger partial charge in [-0.1, -0.05) is 19.3 Å². The van der Waals surface area contributed by atoms with Crippen molar-refractivity contribution in [2.24, 2.45) is 11.8 Å². The highest BCUT2D eigenvalue weighted by molar-refractivity contribution is 5.82. The SMILES string of the molecule is CCOC(=O)C(CN(C)CC1CCCCC1)(NC)C1CC1. The largest absolute Gasteiger partial charge is 0.465 e. The van der Waals surface area contributed by atoms with E-state index in [1.807, 2.05) is 14.0 Å². The Morgan fingerprint density at radius 1 is 1.24 bits per heavy atom. The predicted molar refractivity (Wildman–Crippen MR) is 85.2 cm³/mol. The maximum atomic E-state index is 12.5. The van der Waals surface area contributed by atoms with E-state index in [9.17, 15) is 4.79 Å². The Morgan fingerprint density at radius 3 is 2.43 bits per heavy atom. The molecule has 4 heteroatoms. The molecule has 0 bridgehead atoms. The van der Waals surface area contributed by atoms with E-state index in [1.54, 1.807) is 0 Å². The molecule has 0 heterocycles. The fourth-order valence-electron chi connectivity index (χ4n) is 3.88. The molecule has 21 heavy (non-hydrogen) atoms. The Morgan fingerprint density at radius 2 is 1.90 bits per heavy atom. The third-order valence-corrected chi connectivity index (χ3v) is 5.17. The number of rotatable bonds is 8. The van der Waals surface area contributed by atoms with Gasteiger partial charge in [-0.05, 0) is 58.5 Å². The molecule has 2 aliphatic carbocycles. The number of carbonyl (C=O) groups excluding carboxylic acids is 1. The fraction of sp³-hybridized carbons (Fsp3) is 0.941. The van der Waals surface area contributed by atoms with Gasteiger partial charge in [0, 0.05) is 13.1 Å². The van der Waals surface area contributed by atoms with Gasteiger partial charge in [-0.25, -0.2) is 4.79 Å². The Kier molecular flexibility index (Phi) is 6.06. The average Bonchev–Trinajstić information content (AvgIpc) is 3.31. The summed E-state index contributed by atoms with van der Waals surface area (Å²) in [5.41, 5.74) is -0.501. The van der Waals surface area contributed by atoms with Gasteiger partial charge in [-0.15, -0.1) is 0 Å². The van der Waals surface area contributed by atoms with Crippen molar-refractivity contribution in [3.8, 4) is 0 Å². The minimum absolute atomic E-state index is 0.0644. The van der Waals surface area contributed by atoms with Crippen LogP contribution in [0.4, 0.5) is 0 Å². The number of carbonyl (C=O) groups is 1. The van der Waals surface area contributed by atoms with Crippen molar-refractivity contribution in [2.45, 2.75) is 57.4 Å². The van der Waals surface area contributed by atoms with Crippen LogP contribution in [0.25, 0.3) is 0 Å². The van der Waals surface area contributed by atoms with Crippen LogP contribution in [-0.4, -0.2) is 50.2 Å². The first-order valence-electron chi connectivity index (χ1n) is 8.67. The molecule has 2 rings (SSSR count). The molecule has 0 saturated heterocycles. The van der Waals surface area contributed by atoms with Gasteiger partial charge in [0.15, 0.2) is 0 Å². The van der Waals surface area contributed by atoms with Crippen LogP contribution in [0.3, 0.4) is 0 Å². The molecule has 2 aliphatic rings. The van der Waals surface area contributed by atoms with Crippen LogP contribution in [0.2, 0.25) is 0 Å². The molecule has 0 aromatic carbocycles. The lowest BCUT2D eigenvalue weighted by atomic mass is 9.88. The van der Waals surface area contributed by atoms with Crippen molar-refractivity contribution in [1.29, 1.82) is 0 Å². The van der Waals surface area contributed by atoms with Gasteiger partial charge in [0.25, 0.3) is 0 Å². The molecule has 0 aliphatic heterocycles. The van der Waals surface area contributed by atoms with Crippen molar-refractivity contribution < 1.29 is 9.53 Å². The van der Waals surface area contributed by atoms with Gasteiger partial charge in [0.1, 0.15) is 5.54 Å². The van der Waals surface area contributed by atoms with Gasteiger partial charge in [0.2, 0.25) is 0 Å². The molecule has 2 fully saturated rings. The maximum Gasteiger partial charge on any atom is 0.327 e. The maximum absolute atomic E-state index is 12.5. The molecular weight excluding hydrogens is 264 g/mol. The van der Waals surface area contributed by atoms with E-state index < -0.39 is 5.54 Å². The topological polar surface area (TPSA) is 41.6 Å². The van der Waals surface area contributed by atoms with Crippen LogP contribution in [0, 0.1) is 11.8 Å². The van der Waals surface area contributed by atoms with Crippen LogP contribution in [0.15, 0.2) is 0 Å². The Hall–Kier alpha value is -0.610. The average molecular weight is 296 g/mol. The van der Waals surface area contributed by atoms with Gasteiger partial charge < -0.3 is 15.0 Å². The number of nitrogens with zero attached hydrogens (tertiary/aromatic N) is 1. The van der Waals surface area contributed by atoms with E-state index in [1.165, 1.54) is 32.1 Å². The molecule has 122 valence electrons. The standard InChI is InChI=1S/C17H32N2O2/c1-4-21-16(20)17(18-2,15-10-11-15)13-19(3)12-14-8-6-5-7-9-14/h14-15,18H,4-13H2,1-3H3. The Labute approximate surface area is 129 Å². The first-order chi connectivity index (χ1) is 10.1. The van der Waals surface area contributed by atoms with Crippen molar-refractivity contribution in [1.82, 2.24) is 10.2 Å². The molecular formula is C17H32N2O2. The first-order valence-corrected chi connectivity index (χ1v) is 8.67. The Balaban J connectivity index is 1.95. The molecule has 1 unspecified atom stereocenters. The molecule has 0 spiro atoms. The van der Waals surface area contributed by atoms with E-state index in [0.29, 0.717) is 12.5 Å². The molecule has 2 saturated carbocycles. The van der Waals surface area contributed by atoms with Crippen molar-refractivity contribution >= 4 is 5.97 Å². The second-order valence-electron chi connectivity index (χ2n) is 6.92. The lowest BCUT2D eigenvalue weighted by Crippen LogP contribution is -2.60. The third kappa shape index (κ3) is 4.19. The van der Waals surface area contributed by atoms with Gasteiger partial charge >= 0.3 is 5.97 Å². The number of hydrogen-bond acceptors (Lipinski definition) is 4. The van der Waals surface area contributed by atoms with Crippen LogP contribution < -0.4 is 5.32 Å². The highest BCUT2D eigenvalue weighted by Crippen LogP contribution is 2.41. The summed E-state index contributed by atoms with van der Waals surface area (Å²) in [5.74, 6) is 1.18. The third-order valence-electron chi connectivity index (χ3n) is 5.17. The smallest absolute Gasteiger partial charge is 0.327 e. The number of hydrogen-bond donors (Lipinski definition) is 1. The van der Waals surface area contributed by atoms with E-state index in [2.05, 4.69) is 17.3 Å². The van der Waals surface area contributed by atoms with Crippen molar-refractivity contribution in [2.75, 3.05) is 33.8 Å². The molecule has 4 nitrogen and oxygen atoms in total. The van der Waals surface area contributed by atoms with Gasteiger partial charge in [-0.2, -0.15) is 0 Å². The van der Waals surface area contributed by atoms with Gasteiger partial charge in [-0.3, -0.25) is 0 Å². The number of nitrogens with one attached hydrogen (secondary N) is 1. The Bertz CT molecular complexity index is 338. The lowest BCUT2D eigenvalue weighted by Gasteiger charge is -2.36. The second-order valence-corrected chi connectivity index (χ2v) is 6.92. The summed E-state index contributed by atoms with van der Waals surface area (Å²) in [6.07, 6.45) is 9.10. The molecule has 0 amide bonds. The number of likely N-dealkylation sites (N-methyl/N-ethyl adjacent to an activating group) is 2. The normalized spacial score (nSPS) is 23.0. The van der Waals surface area contributed by atoms with Crippen molar-refractivity contribution in [3.05, 3.63) is 0 Å². The lowest BCUT2D eigenvalue weighted by molar-refractivity contribution is -0.153. The van der Waals surface area contributed by atoms with E-state index in [0.717, 1.165) is 31.8 Å². The zero-order chi connectivity index (χ0) is 15.3. The van der Waals surface area contributed by atoms with Crippen LogP contribution in [-0.2, 0) is 9.53 Å². The zero-order valence-corrected chi connectivity index (χ0v) is 14.0. The highest BCUT2D eigenvalue weighted by Gasteiger charge is 2.51. The number of ether oxygens (including phenoxy) is 1. The monoisotopic (exact) mass is 296 g/mol. The molecule has 0 aromatic rings. The summed E-state index contributed by atoms with van der Waals surface area (Å²) in [6, 6.07) is 0. The fourth-order valence-corrected chi connectivity index (χ4v) is 3.88. The minimum atomic E-state index is -0.501. The minimum Gasteiger partial charge on any atom is -0.465 e. The van der Waals surface area contributed by atoms with E-state index in [-0.39, 0.29) is 5.97 Å². The number of esters is 1. The second kappa shape index (κ2) is 7.59. The van der Waals surface area contributed by atoms with Crippen molar-refractivity contribution in [3.63, 3.8) is 0 Å². The molecule has 1 atom stereocenters. The quantitative estimate of drug-likeness (QED) is 0.699. The summed E-state index contributed by atoms with van der Waals surface area (Å²) in [4.78, 5) is 14.8. The first kappa shape index (κ1) is 16.8. The summed E-state index contributed by atoms with van der Waals surface area (Å²) in [7, 11) is 4.06.